The first-order valence-corrected chi connectivity index (χ1v) is 7.73. The van der Waals surface area contributed by atoms with Gasteiger partial charge >= 0.3 is 0 Å². The Kier molecular flexibility index (Phi) is 4.45. The largest absolute Gasteiger partial charge is 0.326 e. The summed E-state index contributed by atoms with van der Waals surface area (Å²) in [5.41, 5.74) is 2.11. The Morgan fingerprint density at radius 1 is 0.840 bits per heavy atom. The molecule has 1 aliphatic carbocycles. The number of carbonyl (C=O) groups is 2. The van der Waals surface area contributed by atoms with Crippen LogP contribution in [0.5, 0.6) is 0 Å². The Morgan fingerprint density at radius 3 is 2.04 bits per heavy atom. The minimum absolute atomic E-state index is 0.212. The highest BCUT2D eigenvalue weighted by molar-refractivity contribution is 6.03. The van der Waals surface area contributed by atoms with Crippen LogP contribution in [0.15, 0.2) is 48.5 Å². The first-order valence-electron chi connectivity index (χ1n) is 7.73. The molecule has 0 heterocycles. The van der Waals surface area contributed by atoms with Crippen molar-refractivity contribution in [1.82, 2.24) is 0 Å². The summed E-state index contributed by atoms with van der Waals surface area (Å²) in [5.74, 6) is -1.18. The lowest BCUT2D eigenvalue weighted by atomic mass is 10.2. The molecule has 2 atom stereocenters. The number of benzene rings is 2. The number of anilines is 2. The second-order valence-electron chi connectivity index (χ2n) is 5.81. The van der Waals surface area contributed by atoms with E-state index in [1.807, 2.05) is 12.1 Å². The number of hydrogen-bond donors (Lipinski definition) is 2. The van der Waals surface area contributed by atoms with E-state index in [4.69, 9.17) is 10.5 Å². The molecule has 0 aliphatic heterocycles. The van der Waals surface area contributed by atoms with Crippen LogP contribution in [0.1, 0.15) is 17.5 Å². The zero-order chi connectivity index (χ0) is 17.8. The monoisotopic (exact) mass is 330 g/mol. The topological polar surface area (TPSA) is 106 Å². The van der Waals surface area contributed by atoms with E-state index >= 15 is 0 Å². The van der Waals surface area contributed by atoms with Crippen LogP contribution in [0.2, 0.25) is 0 Å². The minimum Gasteiger partial charge on any atom is -0.326 e. The van der Waals surface area contributed by atoms with Crippen molar-refractivity contribution in [2.24, 2.45) is 11.8 Å². The van der Waals surface area contributed by atoms with Crippen LogP contribution >= 0.6 is 0 Å². The van der Waals surface area contributed by atoms with Crippen LogP contribution in [0.3, 0.4) is 0 Å². The molecule has 2 aromatic rings. The first kappa shape index (κ1) is 16.2. The van der Waals surface area contributed by atoms with Gasteiger partial charge in [-0.3, -0.25) is 9.59 Å². The number of rotatable bonds is 4. The predicted molar refractivity (Wildman–Crippen MR) is 91.2 cm³/mol. The van der Waals surface area contributed by atoms with Crippen molar-refractivity contribution < 1.29 is 9.59 Å². The Balaban J connectivity index is 1.56. The van der Waals surface area contributed by atoms with Gasteiger partial charge in [-0.25, -0.2) is 0 Å². The van der Waals surface area contributed by atoms with Crippen LogP contribution in [0.25, 0.3) is 0 Å². The van der Waals surface area contributed by atoms with E-state index in [0.717, 1.165) is 0 Å². The molecule has 6 heteroatoms. The number of nitriles is 2. The number of nitrogens with one attached hydrogen (secondary N) is 2. The Hall–Kier alpha value is -3.64. The summed E-state index contributed by atoms with van der Waals surface area (Å²) in [6.45, 7) is 0. The molecule has 0 saturated heterocycles. The number of amides is 2. The molecule has 2 aromatic carbocycles. The van der Waals surface area contributed by atoms with E-state index < -0.39 is 0 Å². The van der Waals surface area contributed by atoms with Gasteiger partial charge in [0, 0.05) is 11.4 Å². The summed E-state index contributed by atoms with van der Waals surface area (Å²) in [6.07, 6.45) is 0.492. The molecule has 2 amide bonds. The van der Waals surface area contributed by atoms with Crippen LogP contribution in [0.4, 0.5) is 11.4 Å². The summed E-state index contributed by atoms with van der Waals surface area (Å²) in [4.78, 5) is 24.4. The predicted octanol–water partition coefficient (Wildman–Crippen LogP) is 2.64. The lowest BCUT2D eigenvalue weighted by Crippen LogP contribution is -2.20. The molecule has 2 unspecified atom stereocenters. The van der Waals surface area contributed by atoms with Gasteiger partial charge < -0.3 is 10.6 Å². The van der Waals surface area contributed by atoms with Gasteiger partial charge in [0.15, 0.2) is 0 Å². The fraction of sp³-hybridized carbons (Fsp3) is 0.158. The Labute approximate surface area is 144 Å². The summed E-state index contributed by atoms with van der Waals surface area (Å²) < 4.78 is 0. The molecule has 0 radical (unpaired) electrons. The Morgan fingerprint density at radius 2 is 1.44 bits per heavy atom. The smallest absolute Gasteiger partial charge is 0.228 e. The lowest BCUT2D eigenvalue weighted by Gasteiger charge is -2.06. The Bertz CT molecular complexity index is 906. The van der Waals surface area contributed by atoms with E-state index in [1.54, 1.807) is 48.5 Å². The number of carbonyl (C=O) groups excluding carboxylic acids is 2. The van der Waals surface area contributed by atoms with Crippen molar-refractivity contribution in [2.45, 2.75) is 6.42 Å². The maximum atomic E-state index is 12.2. The molecule has 3 rings (SSSR count). The van der Waals surface area contributed by atoms with Gasteiger partial charge in [0.1, 0.15) is 0 Å². The van der Waals surface area contributed by atoms with Gasteiger partial charge in [-0.2, -0.15) is 10.5 Å². The van der Waals surface area contributed by atoms with Gasteiger partial charge in [-0.05, 0) is 48.9 Å². The molecule has 0 bridgehead atoms. The molecule has 6 nitrogen and oxygen atoms in total. The third kappa shape index (κ3) is 3.82. The summed E-state index contributed by atoms with van der Waals surface area (Å²) in [5, 5.41) is 23.1. The first-order chi connectivity index (χ1) is 12.1. The highest BCUT2D eigenvalue weighted by Crippen LogP contribution is 2.40. The van der Waals surface area contributed by atoms with Gasteiger partial charge in [0.2, 0.25) is 11.8 Å². The van der Waals surface area contributed by atoms with Gasteiger partial charge in [-0.15, -0.1) is 0 Å². The van der Waals surface area contributed by atoms with E-state index in [9.17, 15) is 9.59 Å². The maximum absolute atomic E-state index is 12.2. The average molecular weight is 330 g/mol. The van der Waals surface area contributed by atoms with Crippen LogP contribution in [0, 0.1) is 34.5 Å². The highest BCUT2D eigenvalue weighted by Gasteiger charge is 2.48. The maximum Gasteiger partial charge on any atom is 0.228 e. The van der Waals surface area contributed by atoms with Crippen molar-refractivity contribution in [3.63, 3.8) is 0 Å². The minimum atomic E-state index is -0.371. The van der Waals surface area contributed by atoms with Crippen molar-refractivity contribution in [2.75, 3.05) is 10.6 Å². The average Bonchev–Trinajstić information content (AvgIpc) is 3.43. The lowest BCUT2D eigenvalue weighted by molar-refractivity contribution is -0.122. The highest BCUT2D eigenvalue weighted by atomic mass is 16.2. The van der Waals surface area contributed by atoms with E-state index in [0.29, 0.717) is 28.9 Å². The summed E-state index contributed by atoms with van der Waals surface area (Å²) in [6, 6.07) is 17.2. The van der Waals surface area contributed by atoms with Crippen LogP contribution < -0.4 is 10.6 Å². The van der Waals surface area contributed by atoms with Gasteiger partial charge in [-0.1, -0.05) is 6.07 Å². The molecule has 2 N–H and O–H groups in total. The van der Waals surface area contributed by atoms with E-state index in [2.05, 4.69) is 10.6 Å². The number of nitrogens with zero attached hydrogens (tertiary/aromatic N) is 2. The molecule has 1 aliphatic rings. The molecule has 0 spiro atoms. The molecule has 0 aromatic heterocycles. The molecule has 25 heavy (non-hydrogen) atoms. The SMILES string of the molecule is N#Cc1ccc(NC(=O)C2CC2C(=O)Nc2cccc(C#N)c2)cc1. The number of hydrogen-bond acceptors (Lipinski definition) is 4. The normalized spacial score (nSPS) is 17.7. The molecule has 122 valence electrons. The van der Waals surface area contributed by atoms with Gasteiger partial charge in [0.25, 0.3) is 0 Å². The van der Waals surface area contributed by atoms with Crippen molar-refractivity contribution >= 4 is 23.2 Å². The fourth-order valence-corrected chi connectivity index (χ4v) is 2.54. The van der Waals surface area contributed by atoms with Crippen molar-refractivity contribution in [3.05, 3.63) is 59.7 Å². The quantitative estimate of drug-likeness (QED) is 0.898. The molecule has 1 saturated carbocycles. The molecular weight excluding hydrogens is 316 g/mol. The fourth-order valence-electron chi connectivity index (χ4n) is 2.54. The van der Waals surface area contributed by atoms with Crippen molar-refractivity contribution in [1.29, 1.82) is 10.5 Å². The zero-order valence-corrected chi connectivity index (χ0v) is 13.2. The third-order valence-corrected chi connectivity index (χ3v) is 4.00. The van der Waals surface area contributed by atoms with Gasteiger partial charge in [0.05, 0.1) is 35.1 Å². The standard InChI is InChI=1S/C19H14N4O2/c20-10-12-4-6-14(7-5-12)22-18(24)16-9-17(16)19(25)23-15-3-1-2-13(8-15)11-21/h1-8,16-17H,9H2,(H,22,24)(H,23,25). The second kappa shape index (κ2) is 6.86. The molecule has 1 fully saturated rings. The van der Waals surface area contributed by atoms with E-state index in [-0.39, 0.29) is 23.7 Å². The van der Waals surface area contributed by atoms with E-state index in [1.165, 1.54) is 0 Å². The summed E-state index contributed by atoms with van der Waals surface area (Å²) in [7, 11) is 0. The van der Waals surface area contributed by atoms with Crippen LogP contribution in [-0.4, -0.2) is 11.8 Å². The van der Waals surface area contributed by atoms with Crippen molar-refractivity contribution in [3.8, 4) is 12.1 Å². The zero-order valence-electron chi connectivity index (χ0n) is 13.2. The third-order valence-electron chi connectivity index (χ3n) is 4.00. The second-order valence-corrected chi connectivity index (χ2v) is 5.81. The molecular formula is C19H14N4O2. The summed E-state index contributed by atoms with van der Waals surface area (Å²) >= 11 is 0. The van der Waals surface area contributed by atoms with Crippen LogP contribution in [-0.2, 0) is 9.59 Å².